The van der Waals surface area contributed by atoms with Crippen LogP contribution in [0.2, 0.25) is 0 Å². The summed E-state index contributed by atoms with van der Waals surface area (Å²) in [7, 11) is 0. The van der Waals surface area contributed by atoms with E-state index in [-0.39, 0.29) is 20.4 Å². The fourth-order valence-corrected chi connectivity index (χ4v) is 7.98. The molecule has 0 aliphatic rings. The number of rotatable bonds is 4. The third-order valence-electron chi connectivity index (χ3n) is 10.2. The van der Waals surface area contributed by atoms with Gasteiger partial charge in [-0.15, -0.1) is 29.8 Å². The van der Waals surface area contributed by atoms with E-state index in [1.807, 2.05) is 65.3 Å². The second kappa shape index (κ2) is 11.7. The van der Waals surface area contributed by atoms with E-state index in [1.54, 1.807) is 12.3 Å². The molecule has 11 rings (SSSR count). The maximum atomic E-state index is 16.7. The van der Waals surface area contributed by atoms with Gasteiger partial charge >= 0.3 is 20.4 Å². The Bertz CT molecular complexity index is 3180. The first-order chi connectivity index (χ1) is 25.2. The number of imidazole rings is 1. The summed E-state index contributed by atoms with van der Waals surface area (Å²) in [6.07, 6.45) is 4.07. The van der Waals surface area contributed by atoms with Gasteiger partial charge in [0.1, 0.15) is 11.8 Å². The van der Waals surface area contributed by atoms with E-state index in [0.29, 0.717) is 11.1 Å². The number of para-hydroxylation sites is 3. The predicted octanol–water partition coefficient (Wildman–Crippen LogP) is 10.9. The summed E-state index contributed by atoms with van der Waals surface area (Å²) in [5.41, 5.74) is 8.54. The molecule has 0 fully saturated rings. The Balaban J connectivity index is 0.00000338. The molecule has 0 spiro atoms. The van der Waals surface area contributed by atoms with Crippen LogP contribution in [0.5, 0.6) is 0 Å². The smallest absolute Gasteiger partial charge is 0.340 e. The van der Waals surface area contributed by atoms with Crippen molar-refractivity contribution in [3.8, 4) is 11.4 Å². The summed E-state index contributed by atoms with van der Waals surface area (Å²) in [6.45, 7) is 0. The van der Waals surface area contributed by atoms with Crippen LogP contribution < -0.4 is 0 Å². The fourth-order valence-electron chi connectivity index (χ4n) is 7.98. The van der Waals surface area contributed by atoms with Gasteiger partial charge in [-0.25, -0.2) is 9.37 Å². The third kappa shape index (κ3) is 4.37. The summed E-state index contributed by atoms with van der Waals surface area (Å²) in [5, 5.41) is 7.25. The topological polar surface area (TPSA) is 40.0 Å². The summed E-state index contributed by atoms with van der Waals surface area (Å²) in [4.78, 5) is 9.48. The minimum absolute atomic E-state index is 0. The summed E-state index contributed by atoms with van der Waals surface area (Å²) < 4.78 is 23.2. The summed E-state index contributed by atoms with van der Waals surface area (Å²) >= 11 is 0. The Morgan fingerprint density at radius 1 is 0.500 bits per heavy atom. The molecule has 0 bridgehead atoms. The standard InChI is InChI=1S/C45H26FN5.Pd/c46-43(29-19-20-32-33-14-4-6-17-39(33)49-23-22-48-44(49)38(32)25-29)28-10-8-13-31(24-28)51-42-26-36-34-15-5-7-18-40(34)50(30-11-2-1-3-12-30)41(36)27-37(42)35-16-9-21-47-45(35)51;/h1-23,26-27,43H;/q-2;+2. The van der Waals surface area contributed by atoms with Gasteiger partial charge < -0.3 is 13.5 Å². The molecule has 0 N–H and O–H groups in total. The number of pyridine rings is 2. The quantitative estimate of drug-likeness (QED) is 0.102. The van der Waals surface area contributed by atoms with Gasteiger partial charge in [0.05, 0.1) is 22.2 Å². The molecule has 0 aliphatic heterocycles. The van der Waals surface area contributed by atoms with E-state index in [4.69, 9.17) is 4.98 Å². The third-order valence-corrected chi connectivity index (χ3v) is 10.2. The fraction of sp³-hybridized carbons (Fsp3) is 0.0222. The predicted molar refractivity (Wildman–Crippen MR) is 204 cm³/mol. The van der Waals surface area contributed by atoms with Gasteiger partial charge in [-0.3, -0.25) is 4.98 Å². The van der Waals surface area contributed by atoms with Gasteiger partial charge in [0.25, 0.3) is 0 Å². The Hall–Kier alpha value is -6.13. The normalized spacial score (nSPS) is 12.5. The maximum Gasteiger partial charge on any atom is 2.00 e. The largest absolute Gasteiger partial charge is 2.00 e. The first-order valence-corrected chi connectivity index (χ1v) is 17.0. The van der Waals surface area contributed by atoms with Gasteiger partial charge in [-0.2, -0.15) is 18.2 Å². The second-order valence-corrected chi connectivity index (χ2v) is 13.0. The zero-order valence-electron chi connectivity index (χ0n) is 27.4. The van der Waals surface area contributed by atoms with Gasteiger partial charge in [0.15, 0.2) is 0 Å². The van der Waals surface area contributed by atoms with Crippen molar-refractivity contribution in [2.24, 2.45) is 0 Å². The number of alkyl halides is 1. The van der Waals surface area contributed by atoms with Crippen molar-refractivity contribution in [3.05, 3.63) is 175 Å². The van der Waals surface area contributed by atoms with Crippen LogP contribution >= 0.6 is 0 Å². The molecule has 0 saturated heterocycles. The van der Waals surface area contributed by atoms with E-state index in [2.05, 4.69) is 105 Å². The molecule has 1 unspecified atom stereocenters. The van der Waals surface area contributed by atoms with Crippen LogP contribution in [0.3, 0.4) is 0 Å². The van der Waals surface area contributed by atoms with Gasteiger partial charge in [-0.05, 0) is 53.9 Å². The minimum atomic E-state index is -1.45. The second-order valence-electron chi connectivity index (χ2n) is 13.0. The zero-order valence-corrected chi connectivity index (χ0v) is 29.0. The van der Waals surface area contributed by atoms with Gasteiger partial charge in [0, 0.05) is 51.3 Å². The van der Waals surface area contributed by atoms with Crippen molar-refractivity contribution < 1.29 is 24.8 Å². The molecule has 0 radical (unpaired) electrons. The Kier molecular flexibility index (Phi) is 6.91. The van der Waals surface area contributed by atoms with Gasteiger partial charge in [0.2, 0.25) is 0 Å². The number of benzene rings is 6. The van der Waals surface area contributed by atoms with E-state index in [9.17, 15) is 0 Å². The van der Waals surface area contributed by atoms with Crippen molar-refractivity contribution in [1.82, 2.24) is 23.5 Å². The molecule has 5 nitrogen and oxygen atoms in total. The van der Waals surface area contributed by atoms with Crippen LogP contribution in [0.4, 0.5) is 4.39 Å². The molecule has 52 heavy (non-hydrogen) atoms. The molecule has 11 aromatic rings. The molecule has 7 heteroatoms. The van der Waals surface area contributed by atoms with Crippen LogP contribution in [-0.4, -0.2) is 23.5 Å². The number of hydrogen-bond donors (Lipinski definition) is 0. The molecule has 5 aromatic heterocycles. The average molecular weight is 762 g/mol. The molecule has 0 amide bonds. The van der Waals surface area contributed by atoms with E-state index < -0.39 is 6.17 Å². The number of fused-ring (bicyclic) bond motifs is 12. The van der Waals surface area contributed by atoms with Crippen LogP contribution in [0.25, 0.3) is 82.4 Å². The van der Waals surface area contributed by atoms with Crippen LogP contribution in [0.15, 0.2) is 152 Å². The molecule has 0 saturated carbocycles. The number of nitrogens with zero attached hydrogens (tertiary/aromatic N) is 5. The molecular formula is C45H26FN5Pd. The van der Waals surface area contributed by atoms with Crippen molar-refractivity contribution in [2.45, 2.75) is 6.17 Å². The molecule has 5 heterocycles. The Labute approximate surface area is 310 Å². The van der Waals surface area contributed by atoms with Crippen LogP contribution in [0, 0.1) is 12.1 Å². The number of halogens is 1. The monoisotopic (exact) mass is 761 g/mol. The zero-order chi connectivity index (χ0) is 33.6. The summed E-state index contributed by atoms with van der Waals surface area (Å²) in [6, 6.07) is 52.1. The SMILES string of the molecule is FC(c1[c-]c(-n2c3cc4c5ccccc5n(-c5ccccc5)c4cc3c3cccnc32)ccc1)c1[c-]c2c(cc1)c1ccccc1n1ccnc21.[Pd+2]. The van der Waals surface area contributed by atoms with Gasteiger partial charge in [-0.1, -0.05) is 76.6 Å². The molecule has 6 aromatic carbocycles. The number of aromatic nitrogens is 5. The minimum Gasteiger partial charge on any atom is -0.340 e. The molecule has 248 valence electrons. The number of hydrogen-bond acceptors (Lipinski definition) is 2. The first kappa shape index (κ1) is 30.7. The Morgan fingerprint density at radius 3 is 2.02 bits per heavy atom. The maximum absolute atomic E-state index is 16.7. The van der Waals surface area contributed by atoms with E-state index in [1.165, 1.54) is 0 Å². The van der Waals surface area contributed by atoms with E-state index in [0.717, 1.165) is 82.4 Å². The Morgan fingerprint density at radius 2 is 1.17 bits per heavy atom. The van der Waals surface area contributed by atoms with Crippen molar-refractivity contribution in [3.63, 3.8) is 0 Å². The summed E-state index contributed by atoms with van der Waals surface area (Å²) in [5.74, 6) is 0. The van der Waals surface area contributed by atoms with Crippen LogP contribution in [0.1, 0.15) is 17.3 Å². The first-order valence-electron chi connectivity index (χ1n) is 17.0. The average Bonchev–Trinajstić information content (AvgIpc) is 3.90. The van der Waals surface area contributed by atoms with Crippen LogP contribution in [-0.2, 0) is 20.4 Å². The van der Waals surface area contributed by atoms with Crippen molar-refractivity contribution in [2.75, 3.05) is 0 Å². The molecule has 1 atom stereocenters. The van der Waals surface area contributed by atoms with Crippen molar-refractivity contribution >= 4 is 71.1 Å². The molecule has 0 aliphatic carbocycles. The van der Waals surface area contributed by atoms with E-state index >= 15 is 4.39 Å². The molecular weight excluding hydrogens is 736 g/mol. The van der Waals surface area contributed by atoms with Crippen molar-refractivity contribution in [1.29, 1.82) is 0 Å².